The van der Waals surface area contributed by atoms with E-state index < -0.39 is 0 Å². The molecule has 1 aromatic carbocycles. The molecular weight excluding hydrogens is 246 g/mol. The Morgan fingerprint density at radius 2 is 1.90 bits per heavy atom. The summed E-state index contributed by atoms with van der Waals surface area (Å²) in [4.78, 5) is 0. The third-order valence-corrected chi connectivity index (χ3v) is 4.35. The van der Waals surface area contributed by atoms with Gasteiger partial charge in [-0.25, -0.2) is 0 Å². The van der Waals surface area contributed by atoms with Crippen molar-refractivity contribution in [3.63, 3.8) is 0 Å². The SMILES string of the molecule is Cc1ccc(-c2nn(C3CCCCC3)cc2N)c(C)c1. The van der Waals surface area contributed by atoms with Gasteiger partial charge in [0.05, 0.1) is 11.7 Å². The van der Waals surface area contributed by atoms with Crippen LogP contribution >= 0.6 is 0 Å². The van der Waals surface area contributed by atoms with Crippen LogP contribution in [0.5, 0.6) is 0 Å². The molecule has 1 fully saturated rings. The van der Waals surface area contributed by atoms with Crippen LogP contribution < -0.4 is 5.73 Å². The second-order valence-electron chi connectivity index (χ2n) is 6.02. The molecule has 0 radical (unpaired) electrons. The topological polar surface area (TPSA) is 43.8 Å². The number of rotatable bonds is 2. The van der Waals surface area contributed by atoms with Gasteiger partial charge in [-0.2, -0.15) is 5.10 Å². The van der Waals surface area contributed by atoms with Gasteiger partial charge in [-0.3, -0.25) is 4.68 Å². The van der Waals surface area contributed by atoms with E-state index in [9.17, 15) is 0 Å². The maximum atomic E-state index is 6.20. The molecule has 1 saturated carbocycles. The largest absolute Gasteiger partial charge is 0.396 e. The predicted octanol–water partition coefficient (Wildman–Crippen LogP) is 4.25. The molecule has 106 valence electrons. The van der Waals surface area contributed by atoms with Gasteiger partial charge < -0.3 is 5.73 Å². The zero-order chi connectivity index (χ0) is 14.1. The quantitative estimate of drug-likeness (QED) is 0.885. The van der Waals surface area contributed by atoms with Gasteiger partial charge in [0.25, 0.3) is 0 Å². The molecular formula is C17H23N3. The highest BCUT2D eigenvalue weighted by molar-refractivity contribution is 5.74. The van der Waals surface area contributed by atoms with Crippen molar-refractivity contribution >= 4 is 5.69 Å². The molecule has 20 heavy (non-hydrogen) atoms. The fraction of sp³-hybridized carbons (Fsp3) is 0.471. The Balaban J connectivity index is 1.95. The molecule has 2 N–H and O–H groups in total. The van der Waals surface area contributed by atoms with Crippen LogP contribution in [-0.4, -0.2) is 9.78 Å². The number of aromatic nitrogens is 2. The number of hydrogen-bond acceptors (Lipinski definition) is 2. The summed E-state index contributed by atoms with van der Waals surface area (Å²) in [5, 5.41) is 4.79. The molecule has 1 aliphatic carbocycles. The second kappa shape index (κ2) is 5.31. The van der Waals surface area contributed by atoms with E-state index in [2.05, 4.69) is 36.7 Å². The maximum absolute atomic E-state index is 6.20. The lowest BCUT2D eigenvalue weighted by atomic mass is 9.96. The molecule has 0 bridgehead atoms. The average molecular weight is 269 g/mol. The third kappa shape index (κ3) is 2.45. The Morgan fingerprint density at radius 1 is 1.15 bits per heavy atom. The minimum absolute atomic E-state index is 0.533. The van der Waals surface area contributed by atoms with Crippen LogP contribution in [0.3, 0.4) is 0 Å². The minimum atomic E-state index is 0.533. The molecule has 2 aromatic rings. The lowest BCUT2D eigenvalue weighted by molar-refractivity contribution is 0.330. The molecule has 0 amide bonds. The normalized spacial score (nSPS) is 16.5. The van der Waals surface area contributed by atoms with Gasteiger partial charge in [-0.15, -0.1) is 0 Å². The van der Waals surface area contributed by atoms with Crippen molar-refractivity contribution in [1.29, 1.82) is 0 Å². The van der Waals surface area contributed by atoms with Gasteiger partial charge >= 0.3 is 0 Å². The Bertz CT molecular complexity index is 607. The van der Waals surface area contributed by atoms with Gasteiger partial charge in [0.15, 0.2) is 0 Å². The molecule has 3 rings (SSSR count). The van der Waals surface area contributed by atoms with E-state index >= 15 is 0 Å². The van der Waals surface area contributed by atoms with Crippen molar-refractivity contribution in [3.05, 3.63) is 35.5 Å². The summed E-state index contributed by atoms with van der Waals surface area (Å²) in [6.45, 7) is 4.24. The van der Waals surface area contributed by atoms with Gasteiger partial charge in [-0.05, 0) is 32.3 Å². The van der Waals surface area contributed by atoms with Crippen molar-refractivity contribution < 1.29 is 0 Å². The summed E-state index contributed by atoms with van der Waals surface area (Å²) in [6.07, 6.45) is 8.45. The Hall–Kier alpha value is -1.77. The van der Waals surface area contributed by atoms with Crippen LogP contribution in [0, 0.1) is 13.8 Å². The standard InChI is InChI=1S/C17H23N3/c1-12-8-9-15(13(2)10-12)17-16(18)11-20(19-17)14-6-4-3-5-7-14/h8-11,14H,3-7,18H2,1-2H3. The Morgan fingerprint density at radius 3 is 2.60 bits per heavy atom. The number of nitrogens with two attached hydrogens (primary N) is 1. The van der Waals surface area contributed by atoms with Crippen LogP contribution in [-0.2, 0) is 0 Å². The summed E-state index contributed by atoms with van der Waals surface area (Å²) < 4.78 is 2.10. The summed E-state index contributed by atoms with van der Waals surface area (Å²) >= 11 is 0. The lowest BCUT2D eigenvalue weighted by Crippen LogP contribution is -2.13. The van der Waals surface area contributed by atoms with E-state index in [-0.39, 0.29) is 0 Å². The summed E-state index contributed by atoms with van der Waals surface area (Å²) in [6, 6.07) is 6.98. The fourth-order valence-corrected chi connectivity index (χ4v) is 3.23. The highest BCUT2D eigenvalue weighted by Gasteiger charge is 2.19. The van der Waals surface area contributed by atoms with Crippen molar-refractivity contribution in [3.8, 4) is 11.3 Å². The summed E-state index contributed by atoms with van der Waals surface area (Å²) in [7, 11) is 0. The second-order valence-corrected chi connectivity index (χ2v) is 6.02. The number of benzene rings is 1. The van der Waals surface area contributed by atoms with Crippen LogP contribution in [0.15, 0.2) is 24.4 Å². The third-order valence-electron chi connectivity index (χ3n) is 4.35. The molecule has 0 unspecified atom stereocenters. The molecule has 0 aliphatic heterocycles. The van der Waals surface area contributed by atoms with E-state index in [0.717, 1.165) is 16.9 Å². The highest BCUT2D eigenvalue weighted by atomic mass is 15.3. The lowest BCUT2D eigenvalue weighted by Gasteiger charge is -2.21. The Kier molecular flexibility index (Phi) is 3.51. The maximum Gasteiger partial charge on any atom is 0.115 e. The molecule has 1 aromatic heterocycles. The summed E-state index contributed by atoms with van der Waals surface area (Å²) in [5.74, 6) is 0. The van der Waals surface area contributed by atoms with E-state index in [4.69, 9.17) is 10.8 Å². The zero-order valence-corrected chi connectivity index (χ0v) is 12.4. The van der Waals surface area contributed by atoms with Gasteiger partial charge in [0.1, 0.15) is 5.69 Å². The first-order valence-electron chi connectivity index (χ1n) is 7.57. The van der Waals surface area contributed by atoms with Gasteiger partial charge in [-0.1, -0.05) is 43.0 Å². The first-order chi connectivity index (χ1) is 9.65. The molecule has 0 atom stereocenters. The number of nitrogen functional groups attached to an aromatic ring is 1. The van der Waals surface area contributed by atoms with Crippen molar-refractivity contribution in [2.24, 2.45) is 0 Å². The molecule has 3 heteroatoms. The zero-order valence-electron chi connectivity index (χ0n) is 12.4. The number of aryl methyl sites for hydroxylation is 2. The average Bonchev–Trinajstić information content (AvgIpc) is 2.82. The molecule has 1 aliphatic rings. The van der Waals surface area contributed by atoms with Crippen molar-refractivity contribution in [2.45, 2.75) is 52.0 Å². The number of anilines is 1. The Labute approximate surface area is 120 Å². The number of hydrogen-bond donors (Lipinski definition) is 1. The number of nitrogens with zero attached hydrogens (tertiary/aromatic N) is 2. The van der Waals surface area contributed by atoms with Crippen molar-refractivity contribution in [1.82, 2.24) is 9.78 Å². The first-order valence-corrected chi connectivity index (χ1v) is 7.57. The van der Waals surface area contributed by atoms with Crippen LogP contribution in [0.4, 0.5) is 5.69 Å². The molecule has 0 saturated heterocycles. The van der Waals surface area contributed by atoms with Crippen LogP contribution in [0.25, 0.3) is 11.3 Å². The van der Waals surface area contributed by atoms with Crippen molar-refractivity contribution in [2.75, 3.05) is 5.73 Å². The van der Waals surface area contributed by atoms with E-state index in [1.807, 2.05) is 6.20 Å². The predicted molar refractivity (Wildman–Crippen MR) is 83.7 cm³/mol. The van der Waals surface area contributed by atoms with Gasteiger partial charge in [0.2, 0.25) is 0 Å². The molecule has 1 heterocycles. The summed E-state index contributed by atoms with van der Waals surface area (Å²) in [5.41, 5.74) is 11.6. The highest BCUT2D eigenvalue weighted by Crippen LogP contribution is 2.32. The first kappa shape index (κ1) is 13.2. The smallest absolute Gasteiger partial charge is 0.115 e. The van der Waals surface area contributed by atoms with Crippen LogP contribution in [0.2, 0.25) is 0 Å². The fourth-order valence-electron chi connectivity index (χ4n) is 3.23. The molecule has 0 spiro atoms. The monoisotopic (exact) mass is 269 g/mol. The van der Waals surface area contributed by atoms with Gasteiger partial charge in [0, 0.05) is 11.8 Å². The molecule has 3 nitrogen and oxygen atoms in total. The minimum Gasteiger partial charge on any atom is -0.396 e. The van der Waals surface area contributed by atoms with Crippen LogP contribution in [0.1, 0.15) is 49.3 Å². The van der Waals surface area contributed by atoms with E-state index in [1.165, 1.54) is 43.2 Å². The van der Waals surface area contributed by atoms with E-state index in [0.29, 0.717) is 6.04 Å². The van der Waals surface area contributed by atoms with E-state index in [1.54, 1.807) is 0 Å².